The fourth-order valence-electron chi connectivity index (χ4n) is 3.60. The van der Waals surface area contributed by atoms with Gasteiger partial charge in [-0.2, -0.15) is 26.3 Å². The number of halogens is 6. The molecule has 0 aliphatic rings. The summed E-state index contributed by atoms with van der Waals surface area (Å²) in [5, 5.41) is 0. The molecule has 0 N–H and O–H groups in total. The minimum Gasteiger partial charge on any atom is -0.359 e. The average molecular weight is 448 g/mol. The van der Waals surface area contributed by atoms with Crippen LogP contribution in [0, 0.1) is 0 Å². The Labute approximate surface area is 178 Å². The summed E-state index contributed by atoms with van der Waals surface area (Å²) in [7, 11) is 0.968. The lowest BCUT2D eigenvalue weighted by Crippen LogP contribution is -2.56. The molecule has 0 saturated heterocycles. The van der Waals surface area contributed by atoms with Crippen LogP contribution >= 0.6 is 0 Å². The van der Waals surface area contributed by atoms with E-state index in [0.717, 1.165) is 43.2 Å². The minimum absolute atomic E-state index is 0.366. The van der Waals surface area contributed by atoms with Crippen molar-refractivity contribution >= 4 is 0 Å². The van der Waals surface area contributed by atoms with E-state index in [1.807, 2.05) is 37.3 Å². The summed E-state index contributed by atoms with van der Waals surface area (Å²) in [6.45, 7) is 0.670. The smallest absolute Gasteiger partial charge is 0.359 e. The first kappa shape index (κ1) is 25.2. The van der Waals surface area contributed by atoms with Crippen LogP contribution in [-0.4, -0.2) is 26.3 Å². The van der Waals surface area contributed by atoms with Gasteiger partial charge in [0.05, 0.1) is 0 Å². The third-order valence-corrected chi connectivity index (χ3v) is 5.08. The lowest BCUT2D eigenvalue weighted by molar-refractivity contribution is -0.400. The highest BCUT2D eigenvalue weighted by Crippen LogP contribution is 2.53. The van der Waals surface area contributed by atoms with Crippen LogP contribution in [0.4, 0.5) is 26.3 Å². The molecule has 2 rings (SSSR count). The lowest BCUT2D eigenvalue weighted by atomic mass is 9.87. The van der Waals surface area contributed by atoms with Crippen molar-refractivity contribution in [1.82, 2.24) is 0 Å². The molecule has 31 heavy (non-hydrogen) atoms. The van der Waals surface area contributed by atoms with Gasteiger partial charge in [-0.25, -0.2) is 0 Å². The molecule has 0 aliphatic heterocycles. The number of aryl methyl sites for hydroxylation is 3. The van der Waals surface area contributed by atoms with Crippen LogP contribution < -0.4 is 0 Å². The highest BCUT2D eigenvalue weighted by atomic mass is 19.4. The van der Waals surface area contributed by atoms with Gasteiger partial charge >= 0.3 is 12.4 Å². The van der Waals surface area contributed by atoms with E-state index < -0.39 is 30.3 Å². The summed E-state index contributed by atoms with van der Waals surface area (Å²) < 4.78 is 91.4. The van der Waals surface area contributed by atoms with Crippen molar-refractivity contribution < 1.29 is 35.8 Å². The van der Waals surface area contributed by atoms with Gasteiger partial charge in [-0.1, -0.05) is 61.9 Å². The molecule has 0 saturated carbocycles. The monoisotopic (exact) mass is 448 g/mol. The van der Waals surface area contributed by atoms with Gasteiger partial charge < -0.3 is 9.47 Å². The molecule has 0 spiro atoms. The number of hydrogen-bond acceptors (Lipinski definition) is 2. The van der Waals surface area contributed by atoms with E-state index in [1.165, 1.54) is 6.07 Å². The number of ether oxygens (including phenoxy) is 2. The van der Waals surface area contributed by atoms with Gasteiger partial charge in [-0.15, -0.1) is 0 Å². The Bertz CT molecular complexity index is 801. The van der Waals surface area contributed by atoms with Crippen LogP contribution in [0.25, 0.3) is 0 Å². The van der Waals surface area contributed by atoms with Gasteiger partial charge in [0.2, 0.25) is 0 Å². The first-order chi connectivity index (χ1) is 14.6. The molecule has 172 valence electrons. The maximum absolute atomic E-state index is 13.8. The summed E-state index contributed by atoms with van der Waals surface area (Å²) in [5.74, 6) is 0. The van der Waals surface area contributed by atoms with Gasteiger partial charge in [-0.05, 0) is 42.4 Å². The second-order valence-corrected chi connectivity index (χ2v) is 7.30. The number of alkyl halides is 6. The zero-order valence-corrected chi connectivity index (χ0v) is 17.4. The molecule has 0 amide bonds. The lowest BCUT2D eigenvalue weighted by Gasteiger charge is -2.37. The van der Waals surface area contributed by atoms with Gasteiger partial charge in [0.25, 0.3) is 5.60 Å². The summed E-state index contributed by atoms with van der Waals surface area (Å²) in [5.41, 5.74) is -3.11. The van der Waals surface area contributed by atoms with E-state index >= 15 is 0 Å². The zero-order valence-electron chi connectivity index (χ0n) is 17.4. The molecule has 0 atom stereocenters. The fraction of sp³-hybridized carbons (Fsp3) is 0.478. The van der Waals surface area contributed by atoms with Crippen molar-refractivity contribution in [1.29, 1.82) is 0 Å². The van der Waals surface area contributed by atoms with Crippen LogP contribution in [0.2, 0.25) is 0 Å². The summed E-state index contributed by atoms with van der Waals surface area (Å²) in [6, 6.07) is 12.9. The Morgan fingerprint density at radius 3 is 1.97 bits per heavy atom. The first-order valence-corrected chi connectivity index (χ1v) is 9.99. The molecule has 0 bridgehead atoms. The first-order valence-electron chi connectivity index (χ1n) is 9.99. The zero-order chi connectivity index (χ0) is 23.1. The summed E-state index contributed by atoms with van der Waals surface area (Å²) in [4.78, 5) is 0. The second kappa shape index (κ2) is 10.5. The van der Waals surface area contributed by atoms with E-state index in [0.29, 0.717) is 24.8 Å². The Morgan fingerprint density at radius 2 is 1.42 bits per heavy atom. The highest BCUT2D eigenvalue weighted by molar-refractivity contribution is 5.37. The topological polar surface area (TPSA) is 18.5 Å². The van der Waals surface area contributed by atoms with Crippen LogP contribution in [-0.2, 0) is 34.3 Å². The van der Waals surface area contributed by atoms with Crippen molar-refractivity contribution in [3.63, 3.8) is 0 Å². The standard InChI is InChI=1S/C23H26F6O2/c1-3-8-19-15-20(21(22(24,25)26,23(27,28)29)31-16-30-2)14-13-18(19)12-7-11-17-9-5-4-6-10-17/h4-6,9-10,13-15H,3,7-8,11-12,16H2,1-2H3. The molecule has 2 aromatic rings. The number of benzene rings is 2. The van der Waals surface area contributed by atoms with Crippen molar-refractivity contribution in [2.24, 2.45) is 0 Å². The molecule has 0 unspecified atom stereocenters. The average Bonchev–Trinajstić information content (AvgIpc) is 2.69. The van der Waals surface area contributed by atoms with E-state index in [1.54, 1.807) is 0 Å². The third-order valence-electron chi connectivity index (χ3n) is 5.08. The molecule has 8 heteroatoms. The van der Waals surface area contributed by atoms with Crippen molar-refractivity contribution in [3.8, 4) is 0 Å². The normalized spacial score (nSPS) is 12.9. The maximum Gasteiger partial charge on any atom is 0.430 e. The van der Waals surface area contributed by atoms with Gasteiger partial charge in [-0.3, -0.25) is 0 Å². The van der Waals surface area contributed by atoms with E-state index in [9.17, 15) is 26.3 Å². The van der Waals surface area contributed by atoms with Crippen LogP contribution in [0.5, 0.6) is 0 Å². The molecular weight excluding hydrogens is 422 g/mol. The van der Waals surface area contributed by atoms with Crippen molar-refractivity contribution in [3.05, 3.63) is 70.8 Å². The Morgan fingerprint density at radius 1 is 0.774 bits per heavy atom. The van der Waals surface area contributed by atoms with E-state index in [4.69, 9.17) is 0 Å². The van der Waals surface area contributed by atoms with Crippen LogP contribution in [0.15, 0.2) is 48.5 Å². The van der Waals surface area contributed by atoms with Gasteiger partial charge in [0, 0.05) is 12.7 Å². The number of hydrogen-bond donors (Lipinski definition) is 0. The fourth-order valence-corrected chi connectivity index (χ4v) is 3.60. The Hall–Kier alpha value is -2.06. The predicted molar refractivity (Wildman–Crippen MR) is 106 cm³/mol. The molecule has 0 fully saturated rings. The van der Waals surface area contributed by atoms with E-state index in [2.05, 4.69) is 9.47 Å². The van der Waals surface area contributed by atoms with Crippen molar-refractivity contribution in [2.75, 3.05) is 13.9 Å². The maximum atomic E-state index is 13.8. The molecule has 2 nitrogen and oxygen atoms in total. The second-order valence-electron chi connectivity index (χ2n) is 7.30. The molecule has 2 aromatic carbocycles. The quantitative estimate of drug-likeness (QED) is 0.296. The third kappa shape index (κ3) is 5.80. The minimum atomic E-state index is -5.72. The summed E-state index contributed by atoms with van der Waals surface area (Å²) in [6.07, 6.45) is -8.45. The molecular formula is C23H26F6O2. The number of methoxy groups -OCH3 is 1. The van der Waals surface area contributed by atoms with Crippen LogP contribution in [0.1, 0.15) is 42.0 Å². The predicted octanol–water partition coefficient (Wildman–Crippen LogP) is 6.75. The largest absolute Gasteiger partial charge is 0.430 e. The molecule has 0 aliphatic carbocycles. The van der Waals surface area contributed by atoms with Crippen molar-refractivity contribution in [2.45, 2.75) is 57.0 Å². The molecule has 0 heterocycles. The highest BCUT2D eigenvalue weighted by Gasteiger charge is 2.73. The summed E-state index contributed by atoms with van der Waals surface area (Å²) >= 11 is 0. The number of rotatable bonds is 10. The Balaban J connectivity index is 2.40. The van der Waals surface area contributed by atoms with Gasteiger partial charge in [0.15, 0.2) is 0 Å². The van der Waals surface area contributed by atoms with E-state index in [-0.39, 0.29) is 0 Å². The molecule has 0 radical (unpaired) electrons. The van der Waals surface area contributed by atoms with Crippen LogP contribution in [0.3, 0.4) is 0 Å². The Kier molecular flexibility index (Phi) is 8.54. The molecule has 0 aromatic heterocycles. The SMILES string of the molecule is CCCc1cc(C(OCOC)(C(F)(F)F)C(F)(F)F)ccc1CCCc1ccccc1. The van der Waals surface area contributed by atoms with Gasteiger partial charge in [0.1, 0.15) is 6.79 Å².